The fourth-order valence-corrected chi connectivity index (χ4v) is 3.68. The summed E-state index contributed by atoms with van der Waals surface area (Å²) in [5, 5.41) is 21.4. The number of fused-ring (bicyclic) bond motifs is 1. The number of nitrogens with one attached hydrogen (secondary N) is 1. The third-order valence-electron chi connectivity index (χ3n) is 4.37. The molecule has 8 heteroatoms. The lowest BCUT2D eigenvalue weighted by molar-refractivity contribution is 0.302. The maximum Gasteiger partial charge on any atom is 0.235 e. The summed E-state index contributed by atoms with van der Waals surface area (Å²) < 4.78 is 7.62. The summed E-state index contributed by atoms with van der Waals surface area (Å²) in [5.74, 6) is 1.48. The van der Waals surface area contributed by atoms with Crippen molar-refractivity contribution in [2.45, 2.75) is 13.5 Å². The predicted octanol–water partition coefficient (Wildman–Crippen LogP) is 4.13. The van der Waals surface area contributed by atoms with Gasteiger partial charge in [0.2, 0.25) is 10.8 Å². The van der Waals surface area contributed by atoms with Crippen LogP contribution in [0.1, 0.15) is 10.6 Å². The minimum atomic E-state index is 0.385. The number of benzene rings is 2. The summed E-state index contributed by atoms with van der Waals surface area (Å²) in [7, 11) is 0. The Hall–Kier alpha value is -3.52. The molecule has 5 rings (SSSR count). The highest BCUT2D eigenvalue weighted by atomic mass is 32.1. The van der Waals surface area contributed by atoms with Crippen LogP contribution in [0.2, 0.25) is 0 Å². The number of hydrogen-bond acceptors (Lipinski definition) is 6. The lowest BCUT2D eigenvalue weighted by Crippen LogP contribution is -1.98. The quantitative estimate of drug-likeness (QED) is 0.490. The van der Waals surface area contributed by atoms with Crippen molar-refractivity contribution in [1.82, 2.24) is 30.0 Å². The first-order valence-corrected chi connectivity index (χ1v) is 9.60. The van der Waals surface area contributed by atoms with E-state index < -0.39 is 0 Å². The molecule has 0 spiro atoms. The Morgan fingerprint density at radius 3 is 2.71 bits per heavy atom. The molecule has 0 bridgehead atoms. The van der Waals surface area contributed by atoms with Gasteiger partial charge in [0.1, 0.15) is 18.1 Å². The van der Waals surface area contributed by atoms with Crippen LogP contribution in [0, 0.1) is 6.92 Å². The van der Waals surface area contributed by atoms with Crippen LogP contribution >= 0.6 is 11.3 Å². The van der Waals surface area contributed by atoms with Crippen molar-refractivity contribution in [2.24, 2.45) is 0 Å². The number of rotatable bonds is 5. The van der Waals surface area contributed by atoms with Gasteiger partial charge in [-0.2, -0.15) is 14.7 Å². The van der Waals surface area contributed by atoms with E-state index >= 15 is 0 Å². The van der Waals surface area contributed by atoms with Crippen molar-refractivity contribution in [1.29, 1.82) is 0 Å². The van der Waals surface area contributed by atoms with Gasteiger partial charge >= 0.3 is 0 Å². The molecule has 0 aliphatic heterocycles. The van der Waals surface area contributed by atoms with E-state index in [-0.39, 0.29) is 0 Å². The molecule has 0 unspecified atom stereocenters. The average Bonchev–Trinajstić information content (AvgIpc) is 3.43. The van der Waals surface area contributed by atoms with Gasteiger partial charge in [-0.15, -0.1) is 10.2 Å². The van der Waals surface area contributed by atoms with Crippen molar-refractivity contribution in [3.05, 3.63) is 71.2 Å². The van der Waals surface area contributed by atoms with E-state index in [9.17, 15) is 0 Å². The fraction of sp³-hybridized carbons (Fsp3) is 0.100. The maximum absolute atomic E-state index is 5.90. The highest BCUT2D eigenvalue weighted by molar-refractivity contribution is 7.16. The molecule has 0 aliphatic carbocycles. The second-order valence-corrected chi connectivity index (χ2v) is 7.34. The largest absolute Gasteiger partial charge is 0.486 e. The molecular weight excluding hydrogens is 372 g/mol. The lowest BCUT2D eigenvalue weighted by atomic mass is 10.1. The van der Waals surface area contributed by atoms with Crippen LogP contribution in [0.5, 0.6) is 5.75 Å². The first-order chi connectivity index (χ1) is 13.8. The molecule has 2 aromatic carbocycles. The van der Waals surface area contributed by atoms with E-state index in [1.165, 1.54) is 11.3 Å². The number of H-pyrrole nitrogens is 1. The Labute approximate surface area is 164 Å². The Morgan fingerprint density at radius 1 is 1.04 bits per heavy atom. The zero-order chi connectivity index (χ0) is 18.9. The van der Waals surface area contributed by atoms with Crippen molar-refractivity contribution in [3.8, 4) is 28.5 Å². The van der Waals surface area contributed by atoms with E-state index in [1.807, 2.05) is 67.6 Å². The molecule has 3 heterocycles. The third kappa shape index (κ3) is 3.03. The van der Waals surface area contributed by atoms with Crippen LogP contribution < -0.4 is 4.74 Å². The van der Waals surface area contributed by atoms with Gasteiger partial charge in [-0.3, -0.25) is 5.10 Å². The van der Waals surface area contributed by atoms with Gasteiger partial charge in [0.15, 0.2) is 5.01 Å². The molecule has 0 atom stereocenters. The van der Waals surface area contributed by atoms with Crippen LogP contribution in [-0.4, -0.2) is 30.0 Å². The minimum Gasteiger partial charge on any atom is -0.486 e. The van der Waals surface area contributed by atoms with Gasteiger partial charge in [-0.25, -0.2) is 0 Å². The highest BCUT2D eigenvalue weighted by Crippen LogP contribution is 2.25. The molecule has 1 N–H and O–H groups in total. The molecular formula is C20H16N6OS. The van der Waals surface area contributed by atoms with Crippen LogP contribution in [0.3, 0.4) is 0 Å². The molecule has 0 saturated heterocycles. The summed E-state index contributed by atoms with van der Waals surface area (Å²) in [4.78, 5) is 0.717. The summed E-state index contributed by atoms with van der Waals surface area (Å²) >= 11 is 1.46. The zero-order valence-electron chi connectivity index (χ0n) is 15.0. The maximum atomic E-state index is 5.90. The predicted molar refractivity (Wildman–Crippen MR) is 107 cm³/mol. The number of ether oxygens (including phenoxy) is 1. The van der Waals surface area contributed by atoms with E-state index in [4.69, 9.17) is 4.74 Å². The number of aryl methyl sites for hydroxylation is 1. The average molecular weight is 388 g/mol. The molecule has 5 aromatic rings. The summed E-state index contributed by atoms with van der Waals surface area (Å²) in [6.07, 6.45) is 0. The van der Waals surface area contributed by atoms with Crippen LogP contribution in [0.25, 0.3) is 27.7 Å². The minimum absolute atomic E-state index is 0.385. The van der Waals surface area contributed by atoms with Crippen LogP contribution in [-0.2, 0) is 6.61 Å². The molecule has 28 heavy (non-hydrogen) atoms. The van der Waals surface area contributed by atoms with Gasteiger partial charge in [-0.1, -0.05) is 59.9 Å². The Balaban J connectivity index is 1.41. The van der Waals surface area contributed by atoms with Gasteiger partial charge < -0.3 is 4.74 Å². The molecule has 0 radical (unpaired) electrons. The first kappa shape index (κ1) is 16.6. The van der Waals surface area contributed by atoms with Crippen molar-refractivity contribution < 1.29 is 4.74 Å². The zero-order valence-corrected chi connectivity index (χ0v) is 15.8. The van der Waals surface area contributed by atoms with Gasteiger partial charge in [0.05, 0.1) is 5.69 Å². The normalized spacial score (nSPS) is 11.2. The summed E-state index contributed by atoms with van der Waals surface area (Å²) in [6.45, 7) is 2.41. The van der Waals surface area contributed by atoms with Crippen LogP contribution in [0.4, 0.5) is 0 Å². The SMILES string of the molecule is Cc1ccccc1OCc1nn2c(-c3cc(-c4ccccc4)n[nH]3)nnc2s1. The number of aromatic amines is 1. The molecule has 0 amide bonds. The Morgan fingerprint density at radius 2 is 1.86 bits per heavy atom. The van der Waals surface area contributed by atoms with Crippen molar-refractivity contribution in [3.63, 3.8) is 0 Å². The van der Waals surface area contributed by atoms with Crippen molar-refractivity contribution >= 4 is 16.3 Å². The standard InChI is InChI=1S/C20H16N6OS/c1-13-7-5-6-10-17(13)27-12-18-25-26-19(23-24-20(26)28-18)16-11-15(21-22-16)14-8-3-2-4-9-14/h2-11H,12H2,1H3,(H,21,22). The molecule has 7 nitrogen and oxygen atoms in total. The second kappa shape index (κ2) is 6.90. The van der Waals surface area contributed by atoms with E-state index in [2.05, 4.69) is 25.5 Å². The van der Waals surface area contributed by atoms with E-state index in [1.54, 1.807) is 4.52 Å². The van der Waals surface area contributed by atoms with Gasteiger partial charge in [0.25, 0.3) is 0 Å². The number of hydrogen-bond donors (Lipinski definition) is 1. The summed E-state index contributed by atoms with van der Waals surface area (Å²) in [5.41, 5.74) is 3.75. The number of nitrogens with zero attached hydrogens (tertiary/aromatic N) is 5. The topological polar surface area (TPSA) is 81.0 Å². The van der Waals surface area contributed by atoms with E-state index in [0.717, 1.165) is 33.3 Å². The van der Waals surface area contributed by atoms with Crippen LogP contribution in [0.15, 0.2) is 60.7 Å². The molecule has 0 fully saturated rings. The molecule has 0 aliphatic rings. The monoisotopic (exact) mass is 388 g/mol. The highest BCUT2D eigenvalue weighted by Gasteiger charge is 2.16. The molecule has 3 aromatic heterocycles. The third-order valence-corrected chi connectivity index (χ3v) is 5.24. The first-order valence-electron chi connectivity index (χ1n) is 8.79. The number of para-hydroxylation sites is 1. The Bertz CT molecular complexity index is 1240. The molecule has 138 valence electrons. The van der Waals surface area contributed by atoms with Crippen molar-refractivity contribution in [2.75, 3.05) is 0 Å². The van der Waals surface area contributed by atoms with Gasteiger partial charge in [0, 0.05) is 5.56 Å². The lowest BCUT2D eigenvalue weighted by Gasteiger charge is -2.06. The van der Waals surface area contributed by atoms with Gasteiger partial charge in [-0.05, 0) is 24.6 Å². The Kier molecular flexibility index (Phi) is 4.10. The molecule has 0 saturated carbocycles. The smallest absolute Gasteiger partial charge is 0.235 e. The van der Waals surface area contributed by atoms with E-state index in [0.29, 0.717) is 17.4 Å². The number of aromatic nitrogens is 6. The second-order valence-electron chi connectivity index (χ2n) is 6.30. The summed E-state index contributed by atoms with van der Waals surface area (Å²) in [6, 6.07) is 19.9. The fourth-order valence-electron chi connectivity index (χ4n) is 2.93.